The summed E-state index contributed by atoms with van der Waals surface area (Å²) in [5.41, 5.74) is 3.59. The molecule has 4 rings (SSSR count). The highest BCUT2D eigenvalue weighted by atomic mass is 35.5. The van der Waals surface area contributed by atoms with Crippen molar-refractivity contribution in [2.24, 2.45) is 0 Å². The van der Waals surface area contributed by atoms with Gasteiger partial charge in [-0.1, -0.05) is 54.1 Å². The molecule has 2 N–H and O–H groups in total. The molecule has 0 radical (unpaired) electrons. The number of fused-ring (bicyclic) bond motifs is 1. The summed E-state index contributed by atoms with van der Waals surface area (Å²) >= 11 is 6.65. The Morgan fingerprint density at radius 2 is 1.89 bits per heavy atom. The number of aliphatic hydroxyl groups excluding tert-OH is 1. The first-order valence-corrected chi connectivity index (χ1v) is 9.33. The van der Waals surface area contributed by atoms with Gasteiger partial charge in [0, 0.05) is 24.8 Å². The molecule has 0 atom stereocenters. The van der Waals surface area contributed by atoms with Crippen LogP contribution in [-0.2, 0) is 6.54 Å². The lowest BCUT2D eigenvalue weighted by Crippen LogP contribution is -2.20. The highest BCUT2D eigenvalue weighted by Crippen LogP contribution is 2.32. The highest BCUT2D eigenvalue weighted by Gasteiger charge is 2.15. The van der Waals surface area contributed by atoms with E-state index in [-0.39, 0.29) is 12.3 Å². The molecule has 28 heavy (non-hydrogen) atoms. The van der Waals surface area contributed by atoms with Crippen LogP contribution in [0.2, 0.25) is 5.02 Å². The van der Waals surface area contributed by atoms with Crippen LogP contribution in [0, 0.1) is 0 Å². The number of aliphatic hydroxyl groups is 1. The van der Waals surface area contributed by atoms with Gasteiger partial charge >= 0.3 is 5.69 Å². The maximum atomic E-state index is 12.9. The second-order valence-electron chi connectivity index (χ2n) is 6.36. The van der Waals surface area contributed by atoms with E-state index < -0.39 is 0 Å². The number of nitrogens with one attached hydrogen (secondary N) is 1. The van der Waals surface area contributed by atoms with E-state index >= 15 is 0 Å². The zero-order valence-electron chi connectivity index (χ0n) is 15.0. The topological polar surface area (TPSA) is 71.6 Å². The van der Waals surface area contributed by atoms with E-state index in [9.17, 15) is 4.79 Å². The van der Waals surface area contributed by atoms with Gasteiger partial charge in [-0.05, 0) is 29.3 Å². The molecule has 4 aromatic rings. The Hall–Kier alpha value is -2.93. The molecule has 0 unspecified atom stereocenters. The Labute approximate surface area is 166 Å². The Balaban J connectivity index is 1.77. The second kappa shape index (κ2) is 7.98. The fourth-order valence-corrected chi connectivity index (χ4v) is 3.43. The molecular formula is C21H19ClN4O2. The molecule has 2 aromatic carbocycles. The zero-order chi connectivity index (χ0) is 19.5. The lowest BCUT2D eigenvalue weighted by Gasteiger charge is -2.08. The van der Waals surface area contributed by atoms with Crippen molar-refractivity contribution in [2.45, 2.75) is 6.54 Å². The van der Waals surface area contributed by atoms with E-state index in [2.05, 4.69) is 10.4 Å². The summed E-state index contributed by atoms with van der Waals surface area (Å²) in [5.74, 6) is 0. The average molecular weight is 395 g/mol. The van der Waals surface area contributed by atoms with Crippen LogP contribution in [0.3, 0.4) is 0 Å². The molecule has 0 fully saturated rings. The van der Waals surface area contributed by atoms with Crippen molar-refractivity contribution in [3.63, 3.8) is 0 Å². The van der Waals surface area contributed by atoms with E-state index in [1.54, 1.807) is 12.3 Å². The summed E-state index contributed by atoms with van der Waals surface area (Å²) in [5, 5.41) is 16.9. The van der Waals surface area contributed by atoms with Gasteiger partial charge in [0.15, 0.2) is 5.65 Å². The number of rotatable bonds is 6. The molecule has 0 aliphatic heterocycles. The third-order valence-corrected chi connectivity index (χ3v) is 4.89. The summed E-state index contributed by atoms with van der Waals surface area (Å²) in [6.07, 6.45) is 1.70. The van der Waals surface area contributed by atoms with Gasteiger partial charge in [0.25, 0.3) is 0 Å². The minimum Gasteiger partial charge on any atom is -0.395 e. The van der Waals surface area contributed by atoms with Crippen molar-refractivity contribution in [1.82, 2.24) is 19.5 Å². The van der Waals surface area contributed by atoms with Crippen LogP contribution >= 0.6 is 11.6 Å². The van der Waals surface area contributed by atoms with Crippen molar-refractivity contribution in [3.8, 4) is 16.8 Å². The van der Waals surface area contributed by atoms with Gasteiger partial charge in [-0.25, -0.2) is 9.20 Å². The molecule has 142 valence electrons. The van der Waals surface area contributed by atoms with E-state index in [1.807, 2.05) is 54.6 Å². The molecule has 2 aromatic heterocycles. The summed E-state index contributed by atoms with van der Waals surface area (Å²) in [7, 11) is 0. The van der Waals surface area contributed by atoms with Gasteiger partial charge in [-0.3, -0.25) is 0 Å². The first kappa shape index (κ1) is 18.4. The monoisotopic (exact) mass is 394 g/mol. The van der Waals surface area contributed by atoms with Crippen molar-refractivity contribution in [2.75, 3.05) is 13.2 Å². The van der Waals surface area contributed by atoms with Crippen LogP contribution in [-0.4, -0.2) is 32.4 Å². The summed E-state index contributed by atoms with van der Waals surface area (Å²) < 4.78 is 2.82. The predicted molar refractivity (Wildman–Crippen MR) is 110 cm³/mol. The number of pyridine rings is 1. The fourth-order valence-electron chi connectivity index (χ4n) is 3.12. The Morgan fingerprint density at radius 1 is 1.07 bits per heavy atom. The molecule has 7 heteroatoms. The second-order valence-corrected chi connectivity index (χ2v) is 6.74. The smallest absolute Gasteiger partial charge is 0.355 e. The SMILES string of the molecule is O=c1n(-c2cccc(-c3ccccc3)c2Cl)nc2cc(CNCCO)ccn12. The molecule has 0 amide bonds. The molecular weight excluding hydrogens is 376 g/mol. The third kappa shape index (κ3) is 3.45. The van der Waals surface area contributed by atoms with E-state index in [0.717, 1.165) is 16.7 Å². The van der Waals surface area contributed by atoms with Crippen molar-refractivity contribution in [1.29, 1.82) is 0 Å². The third-order valence-electron chi connectivity index (χ3n) is 4.50. The van der Waals surface area contributed by atoms with Crippen molar-refractivity contribution in [3.05, 3.63) is 87.9 Å². The maximum absolute atomic E-state index is 12.9. The molecule has 0 saturated carbocycles. The minimum absolute atomic E-state index is 0.0760. The number of nitrogens with zero attached hydrogens (tertiary/aromatic N) is 3. The lowest BCUT2D eigenvalue weighted by atomic mass is 10.1. The fraction of sp³-hybridized carbons (Fsp3) is 0.143. The van der Waals surface area contributed by atoms with E-state index in [1.165, 1.54) is 9.08 Å². The van der Waals surface area contributed by atoms with Gasteiger partial charge < -0.3 is 10.4 Å². The first-order valence-electron chi connectivity index (χ1n) is 8.95. The molecule has 0 bridgehead atoms. The van der Waals surface area contributed by atoms with Crippen molar-refractivity contribution < 1.29 is 5.11 Å². The number of hydrogen-bond donors (Lipinski definition) is 2. The summed E-state index contributed by atoms with van der Waals surface area (Å²) in [4.78, 5) is 12.9. The van der Waals surface area contributed by atoms with Crippen LogP contribution in [0.1, 0.15) is 5.56 Å². The lowest BCUT2D eigenvalue weighted by molar-refractivity contribution is 0.292. The molecule has 6 nitrogen and oxygen atoms in total. The first-order chi connectivity index (χ1) is 13.7. The molecule has 0 saturated heterocycles. The quantitative estimate of drug-likeness (QED) is 0.493. The van der Waals surface area contributed by atoms with Crippen molar-refractivity contribution >= 4 is 17.2 Å². The standard InChI is InChI=1S/C21H19ClN4O2/c22-20-17(16-5-2-1-3-6-16)7-4-8-18(20)26-21(28)25-11-9-15(13-19(25)24-26)14-23-10-12-27/h1-9,11,13,23,27H,10,12,14H2. The van der Waals surface area contributed by atoms with Gasteiger partial charge in [0.05, 0.1) is 17.3 Å². The molecule has 0 aliphatic carbocycles. The summed E-state index contributed by atoms with van der Waals surface area (Å²) in [6, 6.07) is 19.1. The minimum atomic E-state index is -0.281. The van der Waals surface area contributed by atoms with Gasteiger partial charge in [-0.15, -0.1) is 5.10 Å². The van der Waals surface area contributed by atoms with Gasteiger partial charge in [-0.2, -0.15) is 4.68 Å². The molecule has 0 aliphatic rings. The summed E-state index contributed by atoms with van der Waals surface area (Å²) in [6.45, 7) is 1.17. The van der Waals surface area contributed by atoms with Crippen LogP contribution < -0.4 is 11.0 Å². The van der Waals surface area contributed by atoms with Gasteiger partial charge in [0.2, 0.25) is 0 Å². The normalized spacial score (nSPS) is 11.2. The Kier molecular flexibility index (Phi) is 5.25. The highest BCUT2D eigenvalue weighted by molar-refractivity contribution is 6.35. The Morgan fingerprint density at radius 3 is 2.68 bits per heavy atom. The van der Waals surface area contributed by atoms with Crippen LogP contribution in [0.25, 0.3) is 22.5 Å². The number of benzene rings is 2. The molecule has 0 spiro atoms. The van der Waals surface area contributed by atoms with Gasteiger partial charge in [0.1, 0.15) is 0 Å². The van der Waals surface area contributed by atoms with E-state index in [4.69, 9.17) is 16.7 Å². The average Bonchev–Trinajstić information content (AvgIpc) is 3.05. The number of aromatic nitrogens is 3. The van der Waals surface area contributed by atoms with Crippen LogP contribution in [0.15, 0.2) is 71.7 Å². The zero-order valence-corrected chi connectivity index (χ0v) is 15.8. The van der Waals surface area contributed by atoms with Crippen LogP contribution in [0.4, 0.5) is 0 Å². The van der Waals surface area contributed by atoms with Crippen LogP contribution in [0.5, 0.6) is 0 Å². The predicted octanol–water partition coefficient (Wildman–Crippen LogP) is 2.89. The largest absolute Gasteiger partial charge is 0.395 e. The number of hydrogen-bond acceptors (Lipinski definition) is 4. The Bertz CT molecular complexity index is 1170. The number of halogens is 1. The maximum Gasteiger partial charge on any atom is 0.355 e. The van der Waals surface area contributed by atoms with E-state index in [0.29, 0.717) is 29.4 Å². The molecule has 2 heterocycles.